The van der Waals surface area contributed by atoms with E-state index in [2.05, 4.69) is 70.2 Å². The summed E-state index contributed by atoms with van der Waals surface area (Å²) in [5, 5.41) is 13.9. The maximum Gasteiger partial charge on any atom is 0.126 e. The number of hydrogen-bond donors (Lipinski definition) is 2. The lowest BCUT2D eigenvalue weighted by atomic mass is 10.0. The first-order chi connectivity index (χ1) is 16.0. The second kappa shape index (κ2) is 10.8. The Kier molecular flexibility index (Phi) is 7.57. The minimum Gasteiger partial charge on any atom is -0.370 e. The Labute approximate surface area is 200 Å². The molecule has 0 amide bonds. The summed E-state index contributed by atoms with van der Waals surface area (Å²) in [6.07, 6.45) is 9.24. The Hall–Kier alpha value is -2.96. The van der Waals surface area contributed by atoms with Crippen LogP contribution in [0.2, 0.25) is 0 Å². The average Bonchev–Trinajstić information content (AvgIpc) is 2.81. The van der Waals surface area contributed by atoms with Crippen molar-refractivity contribution in [3.63, 3.8) is 0 Å². The molecule has 2 aromatic heterocycles. The zero-order chi connectivity index (χ0) is 23.2. The number of rotatable bonds is 8. The average molecular weight is 458 g/mol. The Morgan fingerprint density at radius 3 is 2.85 bits per heavy atom. The van der Waals surface area contributed by atoms with Crippen LogP contribution in [-0.4, -0.2) is 46.6 Å². The Morgan fingerprint density at radius 2 is 2.06 bits per heavy atom. The van der Waals surface area contributed by atoms with Gasteiger partial charge in [0, 0.05) is 42.3 Å². The summed E-state index contributed by atoms with van der Waals surface area (Å²) >= 11 is 1.39. The molecule has 1 aliphatic heterocycles. The van der Waals surface area contributed by atoms with Gasteiger partial charge in [0.1, 0.15) is 5.82 Å². The molecule has 0 saturated carbocycles. The Bertz CT molecular complexity index is 1200. The highest BCUT2D eigenvalue weighted by molar-refractivity contribution is 8.21. The lowest BCUT2D eigenvalue weighted by molar-refractivity contribution is 0.369. The predicted octanol–water partition coefficient (Wildman–Crippen LogP) is 6.09. The van der Waals surface area contributed by atoms with Crippen LogP contribution in [0, 0.1) is 5.41 Å². The highest BCUT2D eigenvalue weighted by atomic mass is 32.2. The van der Waals surface area contributed by atoms with Gasteiger partial charge < -0.3 is 10.2 Å². The highest BCUT2D eigenvalue weighted by Crippen LogP contribution is 2.29. The number of nitrogens with zero attached hydrogens (tertiary/aromatic N) is 3. The van der Waals surface area contributed by atoms with Crippen molar-refractivity contribution in [2.24, 2.45) is 0 Å². The molecule has 0 radical (unpaired) electrons. The number of benzene rings is 1. The van der Waals surface area contributed by atoms with Gasteiger partial charge in [-0.1, -0.05) is 36.5 Å². The number of anilines is 1. The van der Waals surface area contributed by atoms with Gasteiger partial charge in [0.25, 0.3) is 0 Å². The molecule has 4 rings (SSSR count). The smallest absolute Gasteiger partial charge is 0.126 e. The Balaban J connectivity index is 1.34. The van der Waals surface area contributed by atoms with E-state index in [1.54, 1.807) is 6.92 Å². The Morgan fingerprint density at radius 1 is 1.18 bits per heavy atom. The molecule has 1 aromatic carbocycles. The molecule has 0 saturated heterocycles. The SMILES string of the molecule is C=C(SC(C)=N)c1ccc2cnc(NCCCc3ccnc(C4=CCN(C)CC4)c3)cc2c1. The quantitative estimate of drug-likeness (QED) is 0.243. The number of hydrogen-bond acceptors (Lipinski definition) is 6. The molecule has 1 aliphatic rings. The summed E-state index contributed by atoms with van der Waals surface area (Å²) in [6, 6.07) is 12.7. The van der Waals surface area contributed by atoms with Crippen molar-refractivity contribution >= 4 is 43.9 Å². The summed E-state index contributed by atoms with van der Waals surface area (Å²) in [6.45, 7) is 8.84. The molecule has 0 fully saturated rings. The molecule has 0 atom stereocenters. The second-order valence-electron chi connectivity index (χ2n) is 8.53. The number of aromatic nitrogens is 2. The summed E-state index contributed by atoms with van der Waals surface area (Å²) in [5.41, 5.74) is 4.86. The van der Waals surface area contributed by atoms with Crippen LogP contribution in [0.4, 0.5) is 5.82 Å². The third-order valence-corrected chi connectivity index (χ3v) is 6.62. The lowest BCUT2D eigenvalue weighted by Gasteiger charge is -2.21. The molecule has 3 aromatic rings. The highest BCUT2D eigenvalue weighted by Gasteiger charge is 2.11. The maximum atomic E-state index is 7.67. The van der Waals surface area contributed by atoms with Gasteiger partial charge in [-0.25, -0.2) is 4.98 Å². The van der Waals surface area contributed by atoms with Crippen molar-refractivity contribution in [3.8, 4) is 0 Å². The van der Waals surface area contributed by atoms with E-state index in [0.717, 1.165) is 71.6 Å². The zero-order valence-corrected chi connectivity index (χ0v) is 20.2. The first-order valence-electron chi connectivity index (χ1n) is 11.4. The molecule has 2 N–H and O–H groups in total. The summed E-state index contributed by atoms with van der Waals surface area (Å²) in [4.78, 5) is 12.4. The fourth-order valence-electron chi connectivity index (χ4n) is 3.97. The molecule has 0 bridgehead atoms. The summed E-state index contributed by atoms with van der Waals surface area (Å²) < 4.78 is 0. The van der Waals surface area contributed by atoms with E-state index in [9.17, 15) is 0 Å². The van der Waals surface area contributed by atoms with Crippen molar-refractivity contribution in [1.29, 1.82) is 5.41 Å². The van der Waals surface area contributed by atoms with Crippen LogP contribution in [0.25, 0.3) is 21.3 Å². The standard InChI is InChI=1S/C27H31N5S/c1-19(33-20(2)28)23-6-7-24-18-31-27(17-25(24)16-23)30-11-4-5-21-8-12-29-26(15-21)22-9-13-32(3)14-10-22/h6-9,12,15-18,28H,1,4-5,10-11,13-14H2,2-3H3,(H,30,31). The number of nitrogens with one attached hydrogen (secondary N) is 2. The van der Waals surface area contributed by atoms with E-state index in [1.807, 2.05) is 18.5 Å². The first-order valence-corrected chi connectivity index (χ1v) is 12.2. The third-order valence-electron chi connectivity index (χ3n) is 5.83. The van der Waals surface area contributed by atoms with Crippen LogP contribution in [0.5, 0.6) is 0 Å². The monoisotopic (exact) mass is 457 g/mol. The van der Waals surface area contributed by atoms with E-state index >= 15 is 0 Å². The van der Waals surface area contributed by atoms with Crippen molar-refractivity contribution in [3.05, 3.63) is 78.3 Å². The molecular formula is C27H31N5S. The fraction of sp³-hybridized carbons (Fsp3) is 0.296. The van der Waals surface area contributed by atoms with E-state index in [-0.39, 0.29) is 0 Å². The topological polar surface area (TPSA) is 64.9 Å². The van der Waals surface area contributed by atoms with Crippen LogP contribution in [0.1, 0.15) is 36.6 Å². The van der Waals surface area contributed by atoms with Gasteiger partial charge in [0.2, 0.25) is 0 Å². The summed E-state index contributed by atoms with van der Waals surface area (Å²) in [7, 11) is 2.16. The zero-order valence-electron chi connectivity index (χ0n) is 19.4. The van der Waals surface area contributed by atoms with Gasteiger partial charge in [-0.3, -0.25) is 10.4 Å². The van der Waals surface area contributed by atoms with Crippen LogP contribution in [-0.2, 0) is 6.42 Å². The number of pyridine rings is 2. The molecule has 6 heteroatoms. The normalized spacial score (nSPS) is 14.2. The number of aryl methyl sites for hydroxylation is 1. The van der Waals surface area contributed by atoms with Gasteiger partial charge in [-0.15, -0.1) is 0 Å². The fourth-order valence-corrected chi connectivity index (χ4v) is 4.59. The van der Waals surface area contributed by atoms with E-state index in [4.69, 9.17) is 5.41 Å². The third kappa shape index (κ3) is 6.30. The predicted molar refractivity (Wildman–Crippen MR) is 143 cm³/mol. The molecule has 33 heavy (non-hydrogen) atoms. The maximum absolute atomic E-state index is 7.67. The molecule has 0 aliphatic carbocycles. The van der Waals surface area contributed by atoms with Crippen molar-refractivity contribution in [2.45, 2.75) is 26.2 Å². The van der Waals surface area contributed by atoms with Gasteiger partial charge in [0.05, 0.1) is 10.7 Å². The largest absolute Gasteiger partial charge is 0.370 e. The van der Waals surface area contributed by atoms with E-state index in [0.29, 0.717) is 5.04 Å². The van der Waals surface area contributed by atoms with Crippen molar-refractivity contribution in [2.75, 3.05) is 32.0 Å². The number of likely N-dealkylation sites (N-methyl/N-ethyl adjacent to an activating group) is 1. The van der Waals surface area contributed by atoms with Crippen molar-refractivity contribution in [1.82, 2.24) is 14.9 Å². The second-order valence-corrected chi connectivity index (χ2v) is 9.84. The van der Waals surface area contributed by atoms with E-state index < -0.39 is 0 Å². The minimum absolute atomic E-state index is 0.543. The lowest BCUT2D eigenvalue weighted by Crippen LogP contribution is -2.23. The van der Waals surface area contributed by atoms with Gasteiger partial charge in [-0.05, 0) is 79.6 Å². The van der Waals surface area contributed by atoms with Crippen LogP contribution >= 0.6 is 11.8 Å². The first kappa shape index (κ1) is 23.2. The van der Waals surface area contributed by atoms with Gasteiger partial charge in [0.15, 0.2) is 0 Å². The molecule has 5 nitrogen and oxygen atoms in total. The number of thioether (sulfide) groups is 1. The molecule has 0 unspecified atom stereocenters. The summed E-state index contributed by atoms with van der Waals surface area (Å²) in [5.74, 6) is 0.882. The molecule has 0 spiro atoms. The number of fused-ring (bicyclic) bond motifs is 1. The van der Waals surface area contributed by atoms with Crippen LogP contribution in [0.3, 0.4) is 0 Å². The van der Waals surface area contributed by atoms with Gasteiger partial charge in [-0.2, -0.15) is 0 Å². The van der Waals surface area contributed by atoms with E-state index in [1.165, 1.54) is 22.9 Å². The van der Waals surface area contributed by atoms with Crippen LogP contribution in [0.15, 0.2) is 61.4 Å². The van der Waals surface area contributed by atoms with Crippen LogP contribution < -0.4 is 5.32 Å². The molecular weight excluding hydrogens is 426 g/mol. The van der Waals surface area contributed by atoms with Gasteiger partial charge >= 0.3 is 0 Å². The minimum atomic E-state index is 0.543. The molecule has 170 valence electrons. The molecule has 3 heterocycles. The van der Waals surface area contributed by atoms with Crippen molar-refractivity contribution < 1.29 is 0 Å².